The van der Waals surface area contributed by atoms with Crippen molar-refractivity contribution < 1.29 is 82.7 Å². The number of aryl methyl sites for hydroxylation is 5. The first-order valence-corrected chi connectivity index (χ1v) is 13.0. The maximum atomic E-state index is 11.1. The largest absolute Gasteiger partial charge is 0.449 e. The number of carbonyl (C=O) groups excluding carboxylic acids is 1. The fourth-order valence-electron chi connectivity index (χ4n) is 3.05. The van der Waals surface area contributed by atoms with E-state index in [-0.39, 0.29) is 118 Å². The van der Waals surface area contributed by atoms with Crippen LogP contribution in [0.4, 0.5) is 0 Å². The maximum Gasteiger partial charge on any atom is 0.365 e. The molecule has 286 valence electrons. The van der Waals surface area contributed by atoms with E-state index in [0.29, 0.717) is 5.56 Å². The first-order chi connectivity index (χ1) is 20.9. The second-order valence-electron chi connectivity index (χ2n) is 9.20. The van der Waals surface area contributed by atoms with Crippen molar-refractivity contribution in [3.8, 4) is 0 Å². The third-order valence-electron chi connectivity index (χ3n) is 5.99. The molecule has 1 unspecified atom stereocenters. The molecule has 0 saturated carbocycles. The fraction of sp³-hybridized carbons (Fsp3) is 0.542. The monoisotopic (exact) mass is 1040 g/mol. The summed E-state index contributed by atoms with van der Waals surface area (Å²) in [6, 6.07) is 0. The Labute approximate surface area is 332 Å². The molecule has 1 atom stereocenters. The summed E-state index contributed by atoms with van der Waals surface area (Å²) in [5.74, 6) is -0.120. The van der Waals surface area contributed by atoms with Gasteiger partial charge in [-0.05, 0) is 19.7 Å². The quantitative estimate of drug-likeness (QED) is 0.145. The molecular formula is C24H39N15O6Rh4-4. The van der Waals surface area contributed by atoms with Crippen LogP contribution in [0.3, 0.4) is 0 Å². The molecule has 0 spiro atoms. The zero-order chi connectivity index (χ0) is 34.8. The van der Waals surface area contributed by atoms with Gasteiger partial charge >= 0.3 is 11.4 Å². The van der Waals surface area contributed by atoms with E-state index in [2.05, 4.69) is 51.2 Å². The summed E-state index contributed by atoms with van der Waals surface area (Å²) in [7, 11) is 16.1. The second-order valence-corrected chi connectivity index (χ2v) is 9.20. The minimum Gasteiger partial charge on any atom is -0.449 e. The number of aromatic nitrogens is 11. The van der Waals surface area contributed by atoms with Crippen molar-refractivity contribution in [1.29, 1.82) is 0 Å². The average molecular weight is 1050 g/mol. The van der Waals surface area contributed by atoms with Crippen molar-refractivity contribution in [2.24, 2.45) is 60.4 Å². The van der Waals surface area contributed by atoms with Crippen molar-refractivity contribution >= 4 is 12.1 Å². The van der Waals surface area contributed by atoms with Crippen LogP contribution < -0.4 is 39.2 Å². The van der Waals surface area contributed by atoms with E-state index in [0.717, 1.165) is 4.68 Å². The molecule has 0 aliphatic carbocycles. The van der Waals surface area contributed by atoms with Gasteiger partial charge in [0.2, 0.25) is 11.6 Å². The van der Waals surface area contributed by atoms with Crippen LogP contribution >= 0.6 is 0 Å². The molecule has 0 saturated heterocycles. The molecule has 0 bridgehead atoms. The van der Waals surface area contributed by atoms with E-state index in [1.165, 1.54) is 58.8 Å². The predicted octanol–water partition coefficient (Wildman–Crippen LogP) is -4.69. The SMILES string of the molecule is CC1[C-]=NN(C)C1=O.CNn1[c-]nn(C)c1=O.CNn1c(=O)n(C)n(C)c1=O.Cc1[c-]n(C)n(C)c1=O.Cn1[c-]nn(C)c1=O.[Rh].[Rh].[Rh].[Rh]. The molecule has 5 rings (SSSR count). The van der Waals surface area contributed by atoms with Crippen LogP contribution in [0.1, 0.15) is 12.5 Å². The fourth-order valence-corrected chi connectivity index (χ4v) is 3.05. The average Bonchev–Trinajstić information content (AvgIpc) is 3.72. The molecule has 1 aliphatic heterocycles. The molecule has 4 aromatic heterocycles. The summed E-state index contributed by atoms with van der Waals surface area (Å²) in [5, 5.41) is 12.1. The maximum absolute atomic E-state index is 11.1. The van der Waals surface area contributed by atoms with Gasteiger partial charge in [0.05, 0.1) is 0 Å². The Balaban J connectivity index is -0.000000254. The van der Waals surface area contributed by atoms with E-state index >= 15 is 0 Å². The van der Waals surface area contributed by atoms with Crippen LogP contribution in [-0.2, 0) is 132 Å². The van der Waals surface area contributed by atoms with Crippen LogP contribution in [0.15, 0.2) is 29.1 Å². The standard InChI is InChI=1S/C6H9N2O.C5H10N4O2.C5H7N2O.C4H7N4O.C4H6N3O.4Rh/c1-5-4-7(2)8(3)6(5)9;1-6-9-4(10)7(2)8(3)5(9)11;1-4-3-6-7(2)5(4)8;1-5-8-3-6-7(2)4(8)9;1-6-3-5-7(2)4(6)8;;;;/h1-3H3;6H,1-3H3;4H,1-2H3;5H,1-2H3;1-2H3;;;;/q-1;;3*-1;;;;. The van der Waals surface area contributed by atoms with Gasteiger partial charge in [-0.15, -0.1) is 11.8 Å². The van der Waals surface area contributed by atoms with E-state index in [4.69, 9.17) is 0 Å². The Bertz CT molecular complexity index is 1830. The second kappa shape index (κ2) is 24.1. The summed E-state index contributed by atoms with van der Waals surface area (Å²) >= 11 is 0. The Morgan fingerprint density at radius 1 is 0.653 bits per heavy atom. The number of nitrogens with zero attached hydrogens (tertiary/aromatic N) is 13. The van der Waals surface area contributed by atoms with Gasteiger partial charge in [0, 0.05) is 141 Å². The molecule has 5 heterocycles. The molecule has 4 radical (unpaired) electrons. The van der Waals surface area contributed by atoms with Crippen molar-refractivity contribution in [3.63, 3.8) is 0 Å². The molecule has 1 aliphatic rings. The first-order valence-electron chi connectivity index (χ1n) is 13.0. The van der Waals surface area contributed by atoms with Gasteiger partial charge in [0.15, 0.2) is 5.69 Å². The van der Waals surface area contributed by atoms with Crippen molar-refractivity contribution in [2.45, 2.75) is 13.8 Å². The van der Waals surface area contributed by atoms with E-state index in [9.17, 15) is 28.8 Å². The third kappa shape index (κ3) is 14.3. The number of carbonyl (C=O) groups is 1. The zero-order valence-electron chi connectivity index (χ0n) is 28.7. The molecule has 25 heteroatoms. The van der Waals surface area contributed by atoms with Crippen LogP contribution in [0.25, 0.3) is 0 Å². The van der Waals surface area contributed by atoms with Gasteiger partial charge in [-0.25, -0.2) is 19.0 Å². The molecule has 1 amide bonds. The smallest absolute Gasteiger partial charge is 0.365 e. The first kappa shape index (κ1) is 52.7. The Hall–Kier alpha value is -3.14. The number of amides is 1. The summed E-state index contributed by atoms with van der Waals surface area (Å²) in [4.78, 5) is 65.1. The van der Waals surface area contributed by atoms with Gasteiger partial charge in [-0.3, -0.25) is 20.0 Å². The number of hydrogen-bond donors (Lipinski definition) is 2. The van der Waals surface area contributed by atoms with Gasteiger partial charge in [0.1, 0.15) is 5.56 Å². The van der Waals surface area contributed by atoms with Gasteiger partial charge < -0.3 is 64.5 Å². The number of nitrogens with one attached hydrogen (secondary N) is 2. The summed E-state index contributed by atoms with van der Waals surface area (Å²) in [6.07, 6.45) is 10.3. The third-order valence-corrected chi connectivity index (χ3v) is 5.99. The molecular weight excluding hydrogens is 1010 g/mol. The Morgan fingerprint density at radius 3 is 1.27 bits per heavy atom. The minimum atomic E-state index is -0.375. The number of hydrazone groups is 1. The van der Waals surface area contributed by atoms with E-state index in [1.54, 1.807) is 67.9 Å². The zero-order valence-corrected chi connectivity index (χ0v) is 35.2. The Morgan fingerprint density at radius 2 is 1.12 bits per heavy atom. The van der Waals surface area contributed by atoms with Crippen LogP contribution in [0.5, 0.6) is 0 Å². The molecule has 0 aromatic carbocycles. The van der Waals surface area contributed by atoms with Crippen LogP contribution in [0.2, 0.25) is 0 Å². The van der Waals surface area contributed by atoms with Gasteiger partial charge in [-0.2, -0.15) is 4.68 Å². The molecule has 49 heavy (non-hydrogen) atoms. The summed E-state index contributed by atoms with van der Waals surface area (Å²) in [6.45, 7) is 3.53. The van der Waals surface area contributed by atoms with Crippen LogP contribution in [-0.4, -0.2) is 90.5 Å². The molecule has 2 N–H and O–H groups in total. The van der Waals surface area contributed by atoms with Gasteiger partial charge in [-0.1, -0.05) is 19.8 Å². The summed E-state index contributed by atoms with van der Waals surface area (Å²) in [5.41, 5.74) is 4.63. The molecule has 21 nitrogen and oxygen atoms in total. The number of hydrogen-bond acceptors (Lipinski definition) is 11. The Kier molecular flexibility index (Phi) is 25.9. The van der Waals surface area contributed by atoms with Gasteiger partial charge in [0.25, 0.3) is 0 Å². The molecule has 0 fully saturated rings. The summed E-state index contributed by atoms with van der Waals surface area (Å²) < 4.78 is 11.4. The number of rotatable bonds is 2. The minimum absolute atomic E-state index is 0. The van der Waals surface area contributed by atoms with Crippen LogP contribution in [0, 0.1) is 31.7 Å². The van der Waals surface area contributed by atoms with Crippen molar-refractivity contribution in [1.82, 2.24) is 57.2 Å². The van der Waals surface area contributed by atoms with Crippen molar-refractivity contribution in [3.05, 3.63) is 76.7 Å². The predicted molar refractivity (Wildman–Crippen MR) is 163 cm³/mol. The topological polar surface area (TPSA) is 212 Å². The normalized spacial score (nSPS) is 12.0. The molecule has 4 aromatic rings. The van der Waals surface area contributed by atoms with E-state index in [1.807, 2.05) is 0 Å². The van der Waals surface area contributed by atoms with Crippen molar-refractivity contribution in [2.75, 3.05) is 32.0 Å². The van der Waals surface area contributed by atoms with E-state index < -0.39 is 0 Å².